The summed E-state index contributed by atoms with van der Waals surface area (Å²) >= 11 is 0. The first kappa shape index (κ1) is 23.4. The first-order valence-corrected chi connectivity index (χ1v) is 10.7. The van der Waals surface area contributed by atoms with Crippen molar-refractivity contribution in [2.45, 2.75) is 53.1 Å². The Kier molecular flexibility index (Phi) is 6.66. The number of rotatable bonds is 7. The molecule has 172 valence electrons. The topological polar surface area (TPSA) is 93.5 Å². The fourth-order valence-electron chi connectivity index (χ4n) is 3.80. The number of carbonyl (C=O) groups excluding carboxylic acids is 3. The number of amides is 2. The van der Waals surface area contributed by atoms with Gasteiger partial charge in [-0.05, 0) is 56.9 Å². The third-order valence-corrected chi connectivity index (χ3v) is 5.53. The smallest absolute Gasteiger partial charge is 0.358 e. The maximum absolute atomic E-state index is 13.8. The van der Waals surface area contributed by atoms with E-state index in [1.807, 2.05) is 0 Å². The third-order valence-electron chi connectivity index (χ3n) is 5.53. The quantitative estimate of drug-likeness (QED) is 0.663. The molecule has 1 aromatic carbocycles. The van der Waals surface area contributed by atoms with Crippen LogP contribution in [-0.4, -0.2) is 46.3 Å². The van der Waals surface area contributed by atoms with Gasteiger partial charge in [-0.3, -0.25) is 19.2 Å². The summed E-state index contributed by atoms with van der Waals surface area (Å²) in [6.45, 7) is 9.76. The molecule has 0 radical (unpaired) electrons. The molecule has 0 saturated carbocycles. The average molecular weight is 445 g/mol. The lowest BCUT2D eigenvalue weighted by atomic mass is 9.93. The number of anilines is 1. The number of aryl methyl sites for hydroxylation is 1. The molecule has 0 fully saturated rings. The van der Waals surface area contributed by atoms with E-state index in [1.54, 1.807) is 20.8 Å². The van der Waals surface area contributed by atoms with Gasteiger partial charge in [-0.15, -0.1) is 0 Å². The van der Waals surface area contributed by atoms with Gasteiger partial charge in [-0.2, -0.15) is 5.10 Å². The molecule has 0 saturated heterocycles. The second kappa shape index (κ2) is 9.10. The van der Waals surface area contributed by atoms with Crippen LogP contribution >= 0.6 is 0 Å². The van der Waals surface area contributed by atoms with Crippen molar-refractivity contribution < 1.29 is 23.5 Å². The Balaban J connectivity index is 2.07. The molecule has 2 amide bonds. The molecule has 0 spiro atoms. The van der Waals surface area contributed by atoms with Gasteiger partial charge >= 0.3 is 5.97 Å². The number of aromatic nitrogens is 2. The molecule has 3 rings (SSSR count). The van der Waals surface area contributed by atoms with E-state index in [4.69, 9.17) is 4.74 Å². The lowest BCUT2D eigenvalue weighted by Crippen LogP contribution is -2.64. The van der Waals surface area contributed by atoms with Crippen LogP contribution in [0.4, 0.5) is 10.1 Å². The fraction of sp³-hybridized carbons (Fsp3) is 0.478. The maximum Gasteiger partial charge on any atom is 0.358 e. The Morgan fingerprint density at radius 3 is 2.66 bits per heavy atom. The van der Waals surface area contributed by atoms with Gasteiger partial charge < -0.3 is 10.1 Å². The van der Waals surface area contributed by atoms with Gasteiger partial charge in [-0.1, -0.05) is 13.8 Å². The number of hydrogen-bond acceptors (Lipinski definition) is 5. The van der Waals surface area contributed by atoms with Crippen molar-refractivity contribution in [2.24, 2.45) is 5.92 Å². The molecular weight excluding hydrogens is 415 g/mol. The van der Waals surface area contributed by atoms with Crippen LogP contribution in [0.1, 0.15) is 60.7 Å². The Labute approximate surface area is 186 Å². The van der Waals surface area contributed by atoms with Crippen molar-refractivity contribution in [3.8, 4) is 0 Å². The number of esters is 1. The normalized spacial score (nSPS) is 18.0. The number of benzene rings is 1. The summed E-state index contributed by atoms with van der Waals surface area (Å²) in [6, 6.07) is 5.42. The number of nitrogens with one attached hydrogen (secondary N) is 1. The minimum Gasteiger partial charge on any atom is -0.461 e. The molecule has 1 aliphatic heterocycles. The first-order valence-electron chi connectivity index (χ1n) is 10.7. The second-order valence-electron chi connectivity index (χ2n) is 8.58. The van der Waals surface area contributed by atoms with Crippen LogP contribution in [0, 0.1) is 18.7 Å². The van der Waals surface area contributed by atoms with Crippen molar-refractivity contribution in [3.05, 3.63) is 47.0 Å². The average Bonchev–Trinajstić information content (AvgIpc) is 3.13. The Morgan fingerprint density at radius 2 is 2.03 bits per heavy atom. The van der Waals surface area contributed by atoms with Gasteiger partial charge in [-0.25, -0.2) is 9.18 Å². The Bertz CT molecular complexity index is 1050. The van der Waals surface area contributed by atoms with Crippen LogP contribution in [0.3, 0.4) is 0 Å². The van der Waals surface area contributed by atoms with Gasteiger partial charge in [0.1, 0.15) is 17.1 Å². The predicted octanol–water partition coefficient (Wildman–Crippen LogP) is 3.09. The molecule has 1 aliphatic rings. The third kappa shape index (κ3) is 4.37. The van der Waals surface area contributed by atoms with Crippen molar-refractivity contribution >= 4 is 23.5 Å². The molecular formula is C23H29FN4O4. The number of nitrogens with zero attached hydrogens (tertiary/aromatic N) is 3. The van der Waals surface area contributed by atoms with Gasteiger partial charge in [0.2, 0.25) is 5.91 Å². The molecule has 0 bridgehead atoms. The Hall–Kier alpha value is -3.23. The zero-order valence-corrected chi connectivity index (χ0v) is 19.1. The highest BCUT2D eigenvalue weighted by Crippen LogP contribution is 2.35. The summed E-state index contributed by atoms with van der Waals surface area (Å²) in [7, 11) is 0. The number of fused-ring (bicyclic) bond motifs is 1. The summed E-state index contributed by atoms with van der Waals surface area (Å²) < 4.78 is 20.1. The molecule has 1 atom stereocenters. The minimum absolute atomic E-state index is 0.00422. The van der Waals surface area contributed by atoms with E-state index in [-0.39, 0.29) is 30.4 Å². The lowest BCUT2D eigenvalue weighted by Gasteiger charge is -2.43. The largest absolute Gasteiger partial charge is 0.461 e. The highest BCUT2D eigenvalue weighted by Gasteiger charge is 2.49. The fourth-order valence-corrected chi connectivity index (χ4v) is 3.80. The standard InChI is InChI=1S/C23H29FN4O4/c1-6-32-21(30)17-12-19-20(29)28(18-8-7-16(24)11-15(18)4)23(5,13-27(19)26-17)22(31)25-10-9-14(2)3/h7-8,11-12,14H,6,9-10,13H2,1-5H3,(H,25,31)/t23-/m0/s1. The molecule has 8 nitrogen and oxygen atoms in total. The first-order chi connectivity index (χ1) is 15.1. The van der Waals surface area contributed by atoms with Gasteiger partial charge in [0.05, 0.1) is 13.2 Å². The highest BCUT2D eigenvalue weighted by atomic mass is 19.1. The van der Waals surface area contributed by atoms with Gasteiger partial charge in [0.25, 0.3) is 5.91 Å². The monoisotopic (exact) mass is 444 g/mol. The molecule has 0 unspecified atom stereocenters. The van der Waals surface area contributed by atoms with Crippen LogP contribution in [0.5, 0.6) is 0 Å². The predicted molar refractivity (Wildman–Crippen MR) is 117 cm³/mol. The van der Waals surface area contributed by atoms with E-state index in [0.717, 1.165) is 6.42 Å². The van der Waals surface area contributed by atoms with Crippen molar-refractivity contribution in [1.82, 2.24) is 15.1 Å². The SMILES string of the molecule is CCOC(=O)c1cc2n(n1)C[C@@](C)(C(=O)NCCC(C)C)N(c1ccc(F)cc1C)C2=O. The zero-order chi connectivity index (χ0) is 23.6. The van der Waals surface area contributed by atoms with E-state index in [0.29, 0.717) is 23.7 Å². The van der Waals surface area contributed by atoms with E-state index >= 15 is 0 Å². The van der Waals surface area contributed by atoms with Crippen LogP contribution < -0.4 is 10.2 Å². The molecule has 1 N–H and O–H groups in total. The van der Waals surface area contributed by atoms with E-state index in [2.05, 4.69) is 24.3 Å². The summed E-state index contributed by atoms with van der Waals surface area (Å²) in [6.07, 6.45) is 0.783. The summed E-state index contributed by atoms with van der Waals surface area (Å²) in [5, 5.41) is 7.14. The lowest BCUT2D eigenvalue weighted by molar-refractivity contribution is -0.126. The Morgan fingerprint density at radius 1 is 1.31 bits per heavy atom. The van der Waals surface area contributed by atoms with Gasteiger partial charge in [0, 0.05) is 18.3 Å². The number of carbonyl (C=O) groups is 3. The van der Waals surface area contributed by atoms with Crippen molar-refractivity contribution in [1.29, 1.82) is 0 Å². The molecule has 1 aromatic heterocycles. The van der Waals surface area contributed by atoms with E-state index < -0.39 is 23.2 Å². The number of ether oxygens (including phenoxy) is 1. The van der Waals surface area contributed by atoms with Crippen LogP contribution in [0.2, 0.25) is 0 Å². The molecule has 2 heterocycles. The molecule has 0 aliphatic carbocycles. The van der Waals surface area contributed by atoms with Crippen molar-refractivity contribution in [3.63, 3.8) is 0 Å². The summed E-state index contributed by atoms with van der Waals surface area (Å²) in [4.78, 5) is 40.5. The minimum atomic E-state index is -1.35. The van der Waals surface area contributed by atoms with Crippen LogP contribution in [0.15, 0.2) is 24.3 Å². The number of hydrogen-bond donors (Lipinski definition) is 1. The summed E-state index contributed by atoms with van der Waals surface area (Å²) in [5.41, 5.74) is -0.262. The van der Waals surface area contributed by atoms with Crippen LogP contribution in [-0.2, 0) is 16.1 Å². The molecule has 9 heteroatoms. The van der Waals surface area contributed by atoms with E-state index in [9.17, 15) is 18.8 Å². The summed E-state index contributed by atoms with van der Waals surface area (Å²) in [5.74, 6) is -1.54. The maximum atomic E-state index is 13.8. The molecule has 32 heavy (non-hydrogen) atoms. The van der Waals surface area contributed by atoms with Gasteiger partial charge in [0.15, 0.2) is 5.69 Å². The van der Waals surface area contributed by atoms with E-state index in [1.165, 1.54) is 33.8 Å². The number of halogens is 1. The highest BCUT2D eigenvalue weighted by molar-refractivity contribution is 6.12. The van der Waals surface area contributed by atoms with Crippen molar-refractivity contribution in [2.75, 3.05) is 18.1 Å². The zero-order valence-electron chi connectivity index (χ0n) is 19.1. The van der Waals surface area contributed by atoms with Crippen LogP contribution in [0.25, 0.3) is 0 Å². The molecule has 2 aromatic rings. The second-order valence-corrected chi connectivity index (χ2v) is 8.58.